The van der Waals surface area contributed by atoms with Gasteiger partial charge in [0.1, 0.15) is 36.0 Å². The summed E-state index contributed by atoms with van der Waals surface area (Å²) in [4.78, 5) is 54.7. The van der Waals surface area contributed by atoms with Gasteiger partial charge in [-0.2, -0.15) is 0 Å². The first kappa shape index (κ1) is 47.6. The van der Waals surface area contributed by atoms with E-state index in [1.54, 1.807) is 12.1 Å². The van der Waals surface area contributed by atoms with Gasteiger partial charge in [0.05, 0.1) is 0 Å². The lowest BCUT2D eigenvalue weighted by Gasteiger charge is -2.07. The summed E-state index contributed by atoms with van der Waals surface area (Å²) in [7, 11) is 0. The molecule has 2 heterocycles. The fraction of sp³-hybridized carbons (Fsp3) is 0.613. The first-order valence-corrected chi connectivity index (χ1v) is 16.0. The van der Waals surface area contributed by atoms with Crippen molar-refractivity contribution in [3.8, 4) is 5.75 Å². The molecule has 2 saturated heterocycles. The van der Waals surface area contributed by atoms with Gasteiger partial charge in [0, 0.05) is 6.54 Å². The molecule has 3 rings (SSSR count). The summed E-state index contributed by atoms with van der Waals surface area (Å²) in [6, 6.07) is 3.38. The summed E-state index contributed by atoms with van der Waals surface area (Å²) >= 11 is 0. The molecule has 286 valence electrons. The average Bonchev–Trinajstić information content (AvgIpc) is 3.77. The number of carboxylic acid groups (broad SMARTS) is 5. The third-order valence-electron chi connectivity index (χ3n) is 6.75. The van der Waals surface area contributed by atoms with Crippen LogP contribution >= 0.6 is 0 Å². The molecule has 0 aromatic heterocycles. The lowest BCUT2D eigenvalue weighted by atomic mass is 10.1. The number of nitrogens with one attached hydrogen (secondary N) is 2. The molecule has 0 bridgehead atoms. The molecular weight excluding hydrogens is 660 g/mol. The van der Waals surface area contributed by atoms with Gasteiger partial charge in [-0.25, -0.2) is 0 Å². The van der Waals surface area contributed by atoms with E-state index in [2.05, 4.69) is 15.6 Å². The standard InChI is InChI=1S/C9H11NO3.C6H14N4O2.C6H13NO2.2C5H9NO2/c10-8(9(12)13)5-6-1-3-7(11)4-2-6;7-4(5(11)12)2-1-3-10-6(8)9;1-4(2)3-5(7)6(8)9;2*7-5(8)4-2-1-3-6-4/h1-4,8,11H,5,10H2,(H,12,13);4H,1-3,7H2,(H,11,12)(H4,8,9,10);4-5H,3,7H2,1-2H3,(H,8,9);2*4,6H,1-3H2,(H,7,8)/t;;;2*4-/m...00/s1. The van der Waals surface area contributed by atoms with Gasteiger partial charge in [0.15, 0.2) is 5.96 Å². The van der Waals surface area contributed by atoms with Crippen molar-refractivity contribution in [2.24, 2.45) is 39.6 Å². The van der Waals surface area contributed by atoms with Crippen LogP contribution in [0, 0.1) is 5.92 Å². The third kappa shape index (κ3) is 26.4. The lowest BCUT2D eigenvalue weighted by molar-refractivity contribution is -0.140. The van der Waals surface area contributed by atoms with E-state index in [-0.39, 0.29) is 30.2 Å². The molecule has 2 aliphatic rings. The van der Waals surface area contributed by atoms with Crippen LogP contribution < -0.4 is 39.3 Å². The number of carbonyl (C=O) groups is 5. The third-order valence-corrected chi connectivity index (χ3v) is 6.75. The number of phenols is 1. The highest BCUT2D eigenvalue weighted by Gasteiger charge is 2.21. The number of hydrogen-bond donors (Lipinski definition) is 13. The number of aliphatic carboxylic acids is 5. The Balaban J connectivity index is 0. The Morgan fingerprint density at radius 3 is 1.48 bits per heavy atom. The Hall–Kier alpha value is -4.56. The second-order valence-corrected chi connectivity index (χ2v) is 11.8. The second kappa shape index (κ2) is 27.3. The Labute approximate surface area is 291 Å². The Bertz CT molecular complexity index is 1140. The summed E-state index contributed by atoms with van der Waals surface area (Å²) in [5.41, 5.74) is 26.7. The normalized spacial score (nSPS) is 17.6. The predicted molar refractivity (Wildman–Crippen MR) is 185 cm³/mol. The van der Waals surface area contributed by atoms with Crippen LogP contribution in [0.3, 0.4) is 0 Å². The minimum atomic E-state index is -1.02. The van der Waals surface area contributed by atoms with E-state index in [0.29, 0.717) is 31.7 Å². The molecule has 0 aliphatic carbocycles. The molecule has 0 saturated carbocycles. The minimum absolute atomic E-state index is 0.0129. The smallest absolute Gasteiger partial charge is 0.320 e. The molecule has 19 heteroatoms. The molecule has 0 amide bonds. The Kier molecular flexibility index (Phi) is 26.0. The van der Waals surface area contributed by atoms with E-state index in [0.717, 1.165) is 44.3 Å². The van der Waals surface area contributed by atoms with Crippen LogP contribution in [0.5, 0.6) is 5.75 Å². The first-order chi connectivity index (χ1) is 23.3. The van der Waals surface area contributed by atoms with Crippen LogP contribution in [-0.4, -0.2) is 116 Å². The highest BCUT2D eigenvalue weighted by Crippen LogP contribution is 2.11. The second-order valence-electron chi connectivity index (χ2n) is 11.8. The number of carboxylic acids is 5. The largest absolute Gasteiger partial charge is 0.508 e. The van der Waals surface area contributed by atoms with Gasteiger partial charge < -0.3 is 69.9 Å². The number of nitrogens with zero attached hydrogens (tertiary/aromatic N) is 1. The number of aromatic hydroxyl groups is 1. The lowest BCUT2D eigenvalue weighted by Crippen LogP contribution is -2.32. The van der Waals surface area contributed by atoms with Crippen LogP contribution in [0.1, 0.15) is 64.4 Å². The molecule has 18 N–H and O–H groups in total. The van der Waals surface area contributed by atoms with Gasteiger partial charge in [-0.1, -0.05) is 26.0 Å². The molecule has 0 radical (unpaired) electrons. The van der Waals surface area contributed by atoms with Gasteiger partial charge in [-0.3, -0.25) is 29.0 Å². The van der Waals surface area contributed by atoms with E-state index < -0.39 is 48.0 Å². The number of rotatable bonds is 13. The van der Waals surface area contributed by atoms with Crippen molar-refractivity contribution in [3.63, 3.8) is 0 Å². The van der Waals surface area contributed by atoms with E-state index >= 15 is 0 Å². The van der Waals surface area contributed by atoms with Crippen LogP contribution in [0.25, 0.3) is 0 Å². The monoisotopic (exact) mass is 716 g/mol. The summed E-state index contributed by atoms with van der Waals surface area (Å²) in [6.07, 6.45) is 5.35. The van der Waals surface area contributed by atoms with Crippen molar-refractivity contribution in [2.75, 3.05) is 19.6 Å². The van der Waals surface area contributed by atoms with Crippen molar-refractivity contribution >= 4 is 35.8 Å². The number of nitrogens with two attached hydrogens (primary N) is 5. The quantitative estimate of drug-likeness (QED) is 0.0653. The van der Waals surface area contributed by atoms with Crippen molar-refractivity contribution < 1.29 is 54.6 Å². The molecule has 2 fully saturated rings. The molecular formula is C31H56N8O11. The van der Waals surface area contributed by atoms with E-state index in [1.807, 2.05) is 13.8 Å². The van der Waals surface area contributed by atoms with Gasteiger partial charge >= 0.3 is 29.8 Å². The number of phenolic OH excluding ortho intramolecular Hbond substituents is 1. The highest BCUT2D eigenvalue weighted by atomic mass is 16.4. The molecule has 3 unspecified atom stereocenters. The van der Waals surface area contributed by atoms with Crippen LogP contribution in [0.2, 0.25) is 0 Å². The predicted octanol–water partition coefficient (Wildman–Crippen LogP) is -1.11. The maximum Gasteiger partial charge on any atom is 0.320 e. The van der Waals surface area contributed by atoms with Crippen molar-refractivity contribution in [1.29, 1.82) is 0 Å². The highest BCUT2D eigenvalue weighted by molar-refractivity contribution is 5.76. The topological polar surface area (TPSA) is 373 Å². The van der Waals surface area contributed by atoms with E-state index in [9.17, 15) is 24.0 Å². The Morgan fingerprint density at radius 1 is 0.760 bits per heavy atom. The molecule has 0 spiro atoms. The zero-order valence-corrected chi connectivity index (χ0v) is 28.6. The number of aliphatic imine (C=N–C) groups is 1. The number of hydrogen-bond acceptors (Lipinski definition) is 12. The summed E-state index contributed by atoms with van der Waals surface area (Å²) in [5, 5.41) is 56.6. The molecule has 2 aliphatic heterocycles. The maximum atomic E-state index is 10.4. The van der Waals surface area contributed by atoms with Crippen molar-refractivity contribution in [2.45, 2.75) is 95.4 Å². The molecule has 5 atom stereocenters. The van der Waals surface area contributed by atoms with Gasteiger partial charge in [0.2, 0.25) is 0 Å². The summed E-state index contributed by atoms with van der Waals surface area (Å²) in [6.45, 7) is 6.03. The zero-order chi connectivity index (χ0) is 38.8. The first-order valence-electron chi connectivity index (χ1n) is 16.0. The Morgan fingerprint density at radius 2 is 1.20 bits per heavy atom. The summed E-state index contributed by atoms with van der Waals surface area (Å²) < 4.78 is 0. The molecule has 1 aromatic rings. The molecule has 50 heavy (non-hydrogen) atoms. The van der Waals surface area contributed by atoms with Crippen LogP contribution in [0.4, 0.5) is 0 Å². The van der Waals surface area contributed by atoms with Crippen LogP contribution in [-0.2, 0) is 30.4 Å². The number of benzene rings is 1. The maximum absolute atomic E-state index is 10.4. The zero-order valence-electron chi connectivity index (χ0n) is 28.6. The van der Waals surface area contributed by atoms with E-state index in [4.69, 9.17) is 59.3 Å². The summed E-state index contributed by atoms with van der Waals surface area (Å²) in [5.74, 6) is -3.84. The average molecular weight is 717 g/mol. The van der Waals surface area contributed by atoms with Crippen molar-refractivity contribution in [3.05, 3.63) is 29.8 Å². The SMILES string of the molecule is CC(C)CC(N)C(=O)O.NC(Cc1ccc(O)cc1)C(=O)O.NC(N)=NCCCC(N)C(=O)O.O=C(O)[C@@H]1CCCN1.O=C(O)[C@@H]1CCCN1. The van der Waals surface area contributed by atoms with E-state index in [1.165, 1.54) is 12.1 Å². The molecule has 1 aromatic carbocycles. The van der Waals surface area contributed by atoms with Crippen LogP contribution in [0.15, 0.2) is 29.3 Å². The fourth-order valence-corrected chi connectivity index (χ4v) is 4.02. The van der Waals surface area contributed by atoms with Gasteiger partial charge in [-0.15, -0.1) is 0 Å². The number of guanidine groups is 1. The van der Waals surface area contributed by atoms with Gasteiger partial charge in [0.25, 0.3) is 0 Å². The minimum Gasteiger partial charge on any atom is -0.508 e. The van der Waals surface area contributed by atoms with Crippen molar-refractivity contribution in [1.82, 2.24) is 10.6 Å². The fourth-order valence-electron chi connectivity index (χ4n) is 4.02. The van der Waals surface area contributed by atoms with Gasteiger partial charge in [-0.05, 0) is 88.1 Å². The molecule has 19 nitrogen and oxygen atoms in total.